The average molecular weight is 709 g/mol. The van der Waals surface area contributed by atoms with Crippen molar-refractivity contribution in [3.8, 4) is 56.9 Å². The van der Waals surface area contributed by atoms with Gasteiger partial charge in [-0.15, -0.1) is 0 Å². The quantitative estimate of drug-likeness (QED) is 0.163. The highest BCUT2D eigenvalue weighted by Gasteiger charge is 2.21. The third kappa shape index (κ3) is 6.38. The summed E-state index contributed by atoms with van der Waals surface area (Å²) in [5.74, 6) is 3.73. The van der Waals surface area contributed by atoms with Crippen LogP contribution in [0, 0.1) is 0 Å². The first-order chi connectivity index (χ1) is 27.2. The molecule has 1 aliphatic carbocycles. The summed E-state index contributed by atoms with van der Waals surface area (Å²) < 4.78 is 6.28. The molecule has 0 saturated carbocycles. The van der Waals surface area contributed by atoms with Gasteiger partial charge in [0, 0.05) is 44.5 Å². The predicted molar refractivity (Wildman–Crippen MR) is 219 cm³/mol. The van der Waals surface area contributed by atoms with Crippen LogP contribution in [0.5, 0.6) is 0 Å². The number of hydrogen-bond acceptors (Lipinski definition) is 7. The maximum Gasteiger partial charge on any atom is 0.164 e. The van der Waals surface area contributed by atoms with Crippen LogP contribution in [0.15, 0.2) is 180 Å². The van der Waals surface area contributed by atoms with Gasteiger partial charge >= 0.3 is 0 Å². The molecule has 10 rings (SSSR count). The molecule has 0 aliphatic heterocycles. The molecule has 0 bridgehead atoms. The maximum absolute atomic E-state index is 6.28. The van der Waals surface area contributed by atoms with Crippen LogP contribution >= 0.6 is 0 Å². The van der Waals surface area contributed by atoms with Gasteiger partial charge in [0.25, 0.3) is 0 Å². The van der Waals surface area contributed by atoms with Crippen molar-refractivity contribution in [2.45, 2.75) is 12.3 Å². The molecule has 55 heavy (non-hydrogen) atoms. The normalized spacial score (nSPS) is 14.0. The van der Waals surface area contributed by atoms with E-state index in [0.29, 0.717) is 34.9 Å². The minimum Gasteiger partial charge on any atom is -0.456 e. The van der Waals surface area contributed by atoms with Gasteiger partial charge in [0.15, 0.2) is 34.9 Å². The fourth-order valence-electron chi connectivity index (χ4n) is 7.15. The third-order valence-corrected chi connectivity index (χ3v) is 9.95. The van der Waals surface area contributed by atoms with Crippen LogP contribution in [-0.2, 0) is 0 Å². The molecule has 6 aromatic carbocycles. The Hall–Kier alpha value is -7.38. The van der Waals surface area contributed by atoms with E-state index >= 15 is 0 Å². The molecule has 3 heterocycles. The number of allylic oxidation sites excluding steroid dienone is 4. The second kappa shape index (κ2) is 13.9. The van der Waals surface area contributed by atoms with Crippen LogP contribution in [0.4, 0.5) is 0 Å². The van der Waals surface area contributed by atoms with E-state index in [1.807, 2.05) is 115 Å². The average Bonchev–Trinajstić information content (AvgIpc) is 3.65. The molecule has 0 N–H and O–H groups in total. The summed E-state index contributed by atoms with van der Waals surface area (Å²) in [6.45, 7) is 0. The standard InChI is InChI=1S/C48H32N6O/c1-4-14-31(15-5-1)34-20-12-21-35(28-34)45-52-47(54-48(53-45)38-26-27-40-39-24-10-11-25-41(39)55-42(40)30-38)37-23-13-22-36(29-37)46-50-43(32-16-6-2-7-17-32)49-44(51-46)33-18-8-3-9-19-33/h1-27,29-30,34H,28H2. The highest BCUT2D eigenvalue weighted by Crippen LogP contribution is 2.36. The molecule has 0 radical (unpaired) electrons. The predicted octanol–water partition coefficient (Wildman–Crippen LogP) is 11.4. The summed E-state index contributed by atoms with van der Waals surface area (Å²) in [5, 5.41) is 2.13. The van der Waals surface area contributed by atoms with Crippen molar-refractivity contribution in [2.75, 3.05) is 0 Å². The molecular formula is C48H32N6O. The van der Waals surface area contributed by atoms with Crippen LogP contribution in [0.25, 0.3) is 84.5 Å². The van der Waals surface area contributed by atoms with E-state index in [9.17, 15) is 0 Å². The van der Waals surface area contributed by atoms with Crippen molar-refractivity contribution in [2.24, 2.45) is 0 Å². The minimum absolute atomic E-state index is 0.210. The van der Waals surface area contributed by atoms with E-state index in [-0.39, 0.29) is 5.92 Å². The minimum atomic E-state index is 0.210. The lowest BCUT2D eigenvalue weighted by molar-refractivity contribution is 0.669. The van der Waals surface area contributed by atoms with E-state index in [1.54, 1.807) is 0 Å². The lowest BCUT2D eigenvalue weighted by Crippen LogP contribution is -2.07. The van der Waals surface area contributed by atoms with Crippen molar-refractivity contribution in [1.29, 1.82) is 0 Å². The Morgan fingerprint density at radius 2 is 0.891 bits per heavy atom. The zero-order valence-electron chi connectivity index (χ0n) is 29.6. The van der Waals surface area contributed by atoms with Gasteiger partial charge in [-0.25, -0.2) is 29.9 Å². The Morgan fingerprint density at radius 1 is 0.400 bits per heavy atom. The zero-order valence-corrected chi connectivity index (χ0v) is 29.6. The summed E-state index contributed by atoms with van der Waals surface area (Å²) in [7, 11) is 0. The van der Waals surface area contributed by atoms with Gasteiger partial charge in [0.2, 0.25) is 0 Å². The van der Waals surface area contributed by atoms with Crippen LogP contribution < -0.4 is 0 Å². The second-order valence-corrected chi connectivity index (χ2v) is 13.5. The van der Waals surface area contributed by atoms with Crippen LogP contribution in [0.1, 0.15) is 23.7 Å². The van der Waals surface area contributed by atoms with E-state index in [4.69, 9.17) is 34.3 Å². The molecule has 1 unspecified atom stereocenters. The number of rotatable bonds is 7. The number of nitrogens with zero attached hydrogens (tertiary/aromatic N) is 6. The number of fused-ring (bicyclic) bond motifs is 3. The van der Waals surface area contributed by atoms with Crippen molar-refractivity contribution in [3.63, 3.8) is 0 Å². The van der Waals surface area contributed by atoms with Crippen molar-refractivity contribution in [1.82, 2.24) is 29.9 Å². The smallest absolute Gasteiger partial charge is 0.164 e. The lowest BCUT2D eigenvalue weighted by Gasteiger charge is -2.19. The molecule has 0 fully saturated rings. The number of benzene rings is 6. The first-order valence-electron chi connectivity index (χ1n) is 18.3. The third-order valence-electron chi connectivity index (χ3n) is 9.95. The molecule has 1 atom stereocenters. The number of para-hydroxylation sites is 1. The molecule has 9 aromatic rings. The zero-order chi connectivity index (χ0) is 36.6. The van der Waals surface area contributed by atoms with Crippen molar-refractivity contribution < 1.29 is 4.42 Å². The fraction of sp³-hybridized carbons (Fsp3) is 0.0417. The summed E-state index contributed by atoms with van der Waals surface area (Å²) in [5.41, 5.74) is 8.24. The first-order valence-corrected chi connectivity index (χ1v) is 18.3. The van der Waals surface area contributed by atoms with E-state index < -0.39 is 0 Å². The molecule has 0 saturated heterocycles. The summed E-state index contributed by atoms with van der Waals surface area (Å²) in [4.78, 5) is 30.2. The summed E-state index contributed by atoms with van der Waals surface area (Å²) in [6, 6.07) is 52.9. The monoisotopic (exact) mass is 708 g/mol. The number of aromatic nitrogens is 6. The van der Waals surface area contributed by atoms with Gasteiger partial charge < -0.3 is 4.42 Å². The van der Waals surface area contributed by atoms with Gasteiger partial charge in [-0.2, -0.15) is 0 Å². The molecule has 260 valence electrons. The van der Waals surface area contributed by atoms with Gasteiger partial charge in [0.05, 0.1) is 0 Å². The lowest BCUT2D eigenvalue weighted by atomic mass is 9.88. The molecule has 0 amide bonds. The first kappa shape index (κ1) is 32.3. The van der Waals surface area contributed by atoms with Gasteiger partial charge in [0.1, 0.15) is 11.2 Å². The molecule has 0 spiro atoms. The Balaban J connectivity index is 1.10. The summed E-state index contributed by atoms with van der Waals surface area (Å²) >= 11 is 0. The van der Waals surface area contributed by atoms with E-state index in [0.717, 1.165) is 61.7 Å². The number of hydrogen-bond donors (Lipinski definition) is 0. The van der Waals surface area contributed by atoms with E-state index in [2.05, 4.69) is 60.7 Å². The fourth-order valence-corrected chi connectivity index (χ4v) is 7.15. The Labute approximate surface area is 317 Å². The van der Waals surface area contributed by atoms with Crippen molar-refractivity contribution in [3.05, 3.63) is 187 Å². The number of furan rings is 1. The Morgan fingerprint density at radius 3 is 1.53 bits per heavy atom. The SMILES string of the molecule is C1=CC(c2ccccc2)CC(c2nc(-c3cccc(-c4nc(-c5ccccc5)nc(-c5ccccc5)n4)c3)nc(-c3ccc4c(c3)oc3ccccc34)n2)=C1. The van der Waals surface area contributed by atoms with Crippen molar-refractivity contribution >= 4 is 27.5 Å². The van der Waals surface area contributed by atoms with Gasteiger partial charge in [-0.3, -0.25) is 0 Å². The topological polar surface area (TPSA) is 90.5 Å². The molecule has 3 aromatic heterocycles. The molecule has 1 aliphatic rings. The van der Waals surface area contributed by atoms with Gasteiger partial charge in [-0.1, -0.05) is 152 Å². The van der Waals surface area contributed by atoms with Crippen LogP contribution in [0.2, 0.25) is 0 Å². The Kier molecular flexibility index (Phi) is 8.15. The van der Waals surface area contributed by atoms with Crippen LogP contribution in [0.3, 0.4) is 0 Å². The molecular weight excluding hydrogens is 677 g/mol. The van der Waals surface area contributed by atoms with Crippen LogP contribution in [-0.4, -0.2) is 29.9 Å². The van der Waals surface area contributed by atoms with E-state index in [1.165, 1.54) is 5.56 Å². The second-order valence-electron chi connectivity index (χ2n) is 13.5. The highest BCUT2D eigenvalue weighted by molar-refractivity contribution is 6.05. The largest absolute Gasteiger partial charge is 0.456 e. The highest BCUT2D eigenvalue weighted by atomic mass is 16.3. The molecule has 7 nitrogen and oxygen atoms in total. The van der Waals surface area contributed by atoms with Gasteiger partial charge in [-0.05, 0) is 41.8 Å². The molecule has 7 heteroatoms. The maximum atomic E-state index is 6.28. The Bertz CT molecular complexity index is 2840. The summed E-state index contributed by atoms with van der Waals surface area (Å²) in [6.07, 6.45) is 7.22.